The van der Waals surface area contributed by atoms with Gasteiger partial charge in [-0.1, -0.05) is 5.43 Å². The number of guanidine groups is 1. The minimum atomic E-state index is -1.09. The Hall–Kier alpha value is -1.55. The average molecular weight is 253 g/mol. The van der Waals surface area contributed by atoms with E-state index < -0.39 is 17.0 Å². The largest absolute Gasteiger partial charge is 0.480 e. The second-order valence-electron chi connectivity index (χ2n) is 2.72. The molecule has 0 aromatic rings. The zero-order valence-electron chi connectivity index (χ0n) is 8.42. The number of nitrogens with two attached hydrogens (primary N) is 2. The Balaban J connectivity index is 0. The number of hydrazine groups is 1. The molecule has 0 radical (unpaired) electrons. The number of hydrogen-bond acceptors (Lipinski definition) is 5. The van der Waals surface area contributed by atoms with Crippen LogP contribution in [-0.4, -0.2) is 34.7 Å². The van der Waals surface area contributed by atoms with E-state index in [0.29, 0.717) is 6.42 Å². The highest BCUT2D eigenvalue weighted by atomic mass is 32.1. The first-order chi connectivity index (χ1) is 6.93. The summed E-state index contributed by atoms with van der Waals surface area (Å²) >= 11 is 0. The van der Waals surface area contributed by atoms with Gasteiger partial charge in [0.25, 0.3) is 5.96 Å². The van der Waals surface area contributed by atoms with Crippen molar-refractivity contribution in [1.29, 1.82) is 0 Å². The Bertz CT molecular complexity index is 272. The third-order valence-electron chi connectivity index (χ3n) is 1.48. The molecule has 0 saturated heterocycles. The average Bonchev–Trinajstić information content (AvgIpc) is 2.10. The molecule has 16 heavy (non-hydrogen) atoms. The number of nitrogens with one attached hydrogen (secondary N) is 1. The lowest BCUT2D eigenvalue weighted by atomic mass is 10.2. The van der Waals surface area contributed by atoms with Crippen molar-refractivity contribution in [1.82, 2.24) is 5.43 Å². The van der Waals surface area contributed by atoms with Gasteiger partial charge in [-0.3, -0.25) is 4.79 Å². The number of aliphatic imine (C=N–C) groups is 1. The molecule has 0 bridgehead atoms. The first-order valence-corrected chi connectivity index (χ1v) is 4.13. The lowest BCUT2D eigenvalue weighted by Crippen LogP contribution is -2.36. The lowest BCUT2D eigenvalue weighted by Gasteiger charge is -2.03. The fourth-order valence-electron chi connectivity index (χ4n) is 0.763. The number of carboxylic acid groups (broad SMARTS) is 1. The first kappa shape index (κ1) is 16.9. The molecule has 0 aliphatic carbocycles. The third-order valence-corrected chi connectivity index (χ3v) is 1.48. The van der Waals surface area contributed by atoms with E-state index in [9.17, 15) is 14.9 Å². The van der Waals surface area contributed by atoms with Gasteiger partial charge in [0.05, 0.1) is 0 Å². The summed E-state index contributed by atoms with van der Waals surface area (Å²) < 4.78 is 0. The highest BCUT2D eigenvalue weighted by molar-refractivity contribution is 7.59. The molecule has 0 saturated carbocycles. The van der Waals surface area contributed by atoms with Crippen molar-refractivity contribution in [2.24, 2.45) is 16.5 Å². The molecular formula is C6H15N5O4S. The van der Waals surface area contributed by atoms with Crippen LogP contribution >= 0.6 is 13.5 Å². The van der Waals surface area contributed by atoms with Gasteiger partial charge in [-0.05, 0) is 12.8 Å². The van der Waals surface area contributed by atoms with Gasteiger partial charge in [0.1, 0.15) is 6.04 Å². The zero-order valence-corrected chi connectivity index (χ0v) is 9.42. The molecule has 0 aromatic carbocycles. The molecule has 1 atom stereocenters. The normalized spacial score (nSPS) is 12.4. The SMILES string of the molecule is NC(=NCCC[C@H](N)C(=O)O)N[N+](=O)[O-].S. The van der Waals surface area contributed by atoms with E-state index in [4.69, 9.17) is 16.6 Å². The van der Waals surface area contributed by atoms with Crippen molar-refractivity contribution in [3.05, 3.63) is 10.1 Å². The molecule has 0 rings (SSSR count). The van der Waals surface area contributed by atoms with Crippen molar-refractivity contribution in [2.45, 2.75) is 18.9 Å². The maximum atomic E-state index is 10.3. The summed E-state index contributed by atoms with van der Waals surface area (Å²) in [6, 6.07) is -0.940. The van der Waals surface area contributed by atoms with Crippen LogP contribution in [0.3, 0.4) is 0 Å². The molecule has 0 fully saturated rings. The van der Waals surface area contributed by atoms with Crippen LogP contribution < -0.4 is 16.9 Å². The van der Waals surface area contributed by atoms with Gasteiger partial charge in [0.15, 0.2) is 5.03 Å². The van der Waals surface area contributed by atoms with Crippen LogP contribution in [0.1, 0.15) is 12.8 Å². The highest BCUT2D eigenvalue weighted by Gasteiger charge is 2.09. The fraction of sp³-hybridized carbons (Fsp3) is 0.667. The maximum absolute atomic E-state index is 10.3. The molecule has 0 heterocycles. The third kappa shape index (κ3) is 9.02. The molecule has 9 nitrogen and oxygen atoms in total. The first-order valence-electron chi connectivity index (χ1n) is 4.13. The summed E-state index contributed by atoms with van der Waals surface area (Å²) in [6.45, 7) is 0.188. The van der Waals surface area contributed by atoms with Crippen molar-refractivity contribution < 1.29 is 14.9 Å². The monoisotopic (exact) mass is 253 g/mol. The topological polar surface area (TPSA) is 157 Å². The number of nitrogens with zero attached hydrogens (tertiary/aromatic N) is 2. The number of hydrogen-bond donors (Lipinski definition) is 4. The minimum absolute atomic E-state index is 0. The Morgan fingerprint density at radius 1 is 1.62 bits per heavy atom. The molecule has 94 valence electrons. The molecule has 0 amide bonds. The van der Waals surface area contributed by atoms with Crippen molar-refractivity contribution in [3.8, 4) is 0 Å². The lowest BCUT2D eigenvalue weighted by molar-refractivity contribution is -0.525. The summed E-state index contributed by atoms with van der Waals surface area (Å²) in [5.74, 6) is -1.40. The molecule has 0 aromatic heterocycles. The second kappa shape index (κ2) is 8.73. The van der Waals surface area contributed by atoms with Gasteiger partial charge in [-0.15, -0.1) is 0 Å². The standard InChI is InChI=1S/C6H13N5O4.H2S/c7-4(5(12)13)2-1-3-9-6(8)10-11(14)15;/h4H,1-3,7H2,(H,12,13)(H3,8,9,10);1H2/t4-;/m0./s1. The van der Waals surface area contributed by atoms with Gasteiger partial charge in [0, 0.05) is 6.54 Å². The molecule has 10 heteroatoms. The van der Waals surface area contributed by atoms with Gasteiger partial charge < -0.3 is 16.6 Å². The van der Waals surface area contributed by atoms with Crippen molar-refractivity contribution >= 4 is 25.4 Å². The van der Waals surface area contributed by atoms with E-state index in [-0.39, 0.29) is 32.4 Å². The van der Waals surface area contributed by atoms with Crippen LogP contribution in [0.15, 0.2) is 4.99 Å². The molecule has 0 unspecified atom stereocenters. The van der Waals surface area contributed by atoms with Crippen molar-refractivity contribution in [2.75, 3.05) is 6.54 Å². The van der Waals surface area contributed by atoms with Gasteiger partial charge >= 0.3 is 5.97 Å². The Kier molecular flexibility index (Phi) is 9.21. The summed E-state index contributed by atoms with van der Waals surface area (Å²) in [5, 5.41) is 17.5. The molecule has 0 aliphatic rings. The highest BCUT2D eigenvalue weighted by Crippen LogP contribution is 1.94. The summed E-state index contributed by atoms with van der Waals surface area (Å²) in [5.41, 5.74) is 12.0. The van der Waals surface area contributed by atoms with E-state index in [1.54, 1.807) is 5.43 Å². The Morgan fingerprint density at radius 3 is 2.62 bits per heavy atom. The quantitative estimate of drug-likeness (QED) is 0.146. The van der Waals surface area contributed by atoms with E-state index in [2.05, 4.69) is 4.99 Å². The smallest absolute Gasteiger partial charge is 0.320 e. The predicted molar refractivity (Wildman–Crippen MR) is 61.8 cm³/mol. The number of nitro groups is 1. The number of carboxylic acids is 1. The minimum Gasteiger partial charge on any atom is -0.480 e. The summed E-state index contributed by atoms with van der Waals surface area (Å²) in [4.78, 5) is 23.8. The fourth-order valence-corrected chi connectivity index (χ4v) is 0.763. The van der Waals surface area contributed by atoms with E-state index in [1.807, 2.05) is 0 Å². The van der Waals surface area contributed by atoms with Crippen LogP contribution in [0.25, 0.3) is 0 Å². The Labute approximate surface area is 98.5 Å². The van der Waals surface area contributed by atoms with Crippen LogP contribution in [0, 0.1) is 10.1 Å². The number of rotatable bonds is 6. The van der Waals surface area contributed by atoms with Crippen LogP contribution in [0.2, 0.25) is 0 Å². The second-order valence-corrected chi connectivity index (χ2v) is 2.72. The van der Waals surface area contributed by atoms with E-state index in [1.165, 1.54) is 0 Å². The van der Waals surface area contributed by atoms with Gasteiger partial charge in [0.2, 0.25) is 0 Å². The number of carbonyl (C=O) groups is 1. The number of aliphatic carboxylic acids is 1. The van der Waals surface area contributed by atoms with Crippen LogP contribution in [0.5, 0.6) is 0 Å². The van der Waals surface area contributed by atoms with Gasteiger partial charge in [-0.2, -0.15) is 13.5 Å². The summed E-state index contributed by atoms with van der Waals surface area (Å²) in [6.07, 6.45) is 0.637. The van der Waals surface area contributed by atoms with Crippen LogP contribution in [0.4, 0.5) is 0 Å². The Morgan fingerprint density at radius 2 is 2.19 bits per heavy atom. The zero-order chi connectivity index (χ0) is 11.8. The maximum Gasteiger partial charge on any atom is 0.320 e. The van der Waals surface area contributed by atoms with E-state index >= 15 is 0 Å². The van der Waals surface area contributed by atoms with Crippen LogP contribution in [-0.2, 0) is 4.79 Å². The predicted octanol–water partition coefficient (Wildman–Crippen LogP) is -1.61. The molecule has 0 spiro atoms. The van der Waals surface area contributed by atoms with Crippen molar-refractivity contribution in [3.63, 3.8) is 0 Å². The summed E-state index contributed by atoms with van der Waals surface area (Å²) in [7, 11) is 0. The molecule has 0 aliphatic heterocycles. The van der Waals surface area contributed by atoms with Gasteiger partial charge in [-0.25, -0.2) is 15.1 Å². The molecular weight excluding hydrogens is 238 g/mol. The van der Waals surface area contributed by atoms with E-state index in [0.717, 1.165) is 0 Å². The molecule has 6 N–H and O–H groups in total.